The molecule has 3 heterocycles. The molecule has 1 aromatic heterocycles. The maximum atomic E-state index is 13.4. The van der Waals surface area contributed by atoms with Gasteiger partial charge in [0.15, 0.2) is 0 Å². The third-order valence-corrected chi connectivity index (χ3v) is 6.17. The molecule has 1 aromatic carbocycles. The fraction of sp³-hybridized carbons (Fsp3) is 0.480. The maximum Gasteiger partial charge on any atom is 0.254 e. The second-order valence-electron chi connectivity index (χ2n) is 8.44. The van der Waals surface area contributed by atoms with Gasteiger partial charge in [0.05, 0.1) is 13.2 Å². The minimum absolute atomic E-state index is 0.0142. The van der Waals surface area contributed by atoms with Crippen molar-refractivity contribution in [3.8, 4) is 0 Å². The number of carbonyl (C=O) groups excluding carboxylic acids is 2. The lowest BCUT2D eigenvalue weighted by Gasteiger charge is -2.29. The fourth-order valence-corrected chi connectivity index (χ4v) is 4.32. The Morgan fingerprint density at radius 1 is 1.00 bits per heavy atom. The minimum atomic E-state index is 0.0142. The molecule has 32 heavy (non-hydrogen) atoms. The monoisotopic (exact) mass is 436 g/mol. The summed E-state index contributed by atoms with van der Waals surface area (Å²) in [5.74, 6) is 0.179. The summed E-state index contributed by atoms with van der Waals surface area (Å²) in [7, 11) is 0. The van der Waals surface area contributed by atoms with Crippen molar-refractivity contribution in [1.29, 1.82) is 0 Å². The lowest BCUT2D eigenvalue weighted by atomic mass is 10.1. The number of aromatic nitrogens is 1. The first-order valence-electron chi connectivity index (χ1n) is 11.6. The normalized spacial score (nSPS) is 17.4. The van der Waals surface area contributed by atoms with Gasteiger partial charge in [-0.3, -0.25) is 19.5 Å². The van der Waals surface area contributed by atoms with Crippen LogP contribution in [0.2, 0.25) is 0 Å². The number of pyridine rings is 1. The topological polar surface area (TPSA) is 66.0 Å². The van der Waals surface area contributed by atoms with Gasteiger partial charge in [0, 0.05) is 69.3 Å². The van der Waals surface area contributed by atoms with Gasteiger partial charge in [0.25, 0.3) is 5.91 Å². The van der Waals surface area contributed by atoms with E-state index in [0.717, 1.165) is 69.9 Å². The van der Waals surface area contributed by atoms with Crippen LogP contribution in [0.3, 0.4) is 0 Å². The van der Waals surface area contributed by atoms with Crippen LogP contribution in [0.15, 0.2) is 48.8 Å². The summed E-state index contributed by atoms with van der Waals surface area (Å²) < 4.78 is 5.43. The Kier molecular flexibility index (Phi) is 7.85. The lowest BCUT2D eigenvalue weighted by molar-refractivity contribution is -0.119. The first kappa shape index (κ1) is 22.4. The summed E-state index contributed by atoms with van der Waals surface area (Å²) in [5.41, 5.74) is 2.59. The van der Waals surface area contributed by atoms with Crippen molar-refractivity contribution < 1.29 is 14.3 Å². The second kappa shape index (κ2) is 11.2. The van der Waals surface area contributed by atoms with Crippen LogP contribution >= 0.6 is 0 Å². The Hall–Kier alpha value is -2.77. The number of benzene rings is 1. The molecule has 0 unspecified atom stereocenters. The number of hydrogen-bond donors (Lipinski definition) is 0. The van der Waals surface area contributed by atoms with Gasteiger partial charge in [-0.2, -0.15) is 0 Å². The Bertz CT molecular complexity index is 882. The van der Waals surface area contributed by atoms with E-state index in [0.29, 0.717) is 25.1 Å². The highest BCUT2D eigenvalue weighted by Gasteiger charge is 2.21. The minimum Gasteiger partial charge on any atom is -0.379 e. The van der Waals surface area contributed by atoms with E-state index < -0.39 is 0 Å². The number of ether oxygens (including phenoxy) is 1. The average Bonchev–Trinajstić information content (AvgIpc) is 2.85. The molecule has 2 aliphatic rings. The van der Waals surface area contributed by atoms with E-state index in [1.54, 1.807) is 12.4 Å². The van der Waals surface area contributed by atoms with Crippen molar-refractivity contribution in [2.45, 2.75) is 32.2 Å². The molecule has 0 atom stereocenters. The van der Waals surface area contributed by atoms with Gasteiger partial charge in [-0.1, -0.05) is 0 Å². The zero-order valence-electron chi connectivity index (χ0n) is 18.6. The second-order valence-corrected chi connectivity index (χ2v) is 8.44. The van der Waals surface area contributed by atoms with E-state index in [1.165, 1.54) is 0 Å². The highest BCUT2D eigenvalue weighted by Crippen LogP contribution is 2.22. The quantitative estimate of drug-likeness (QED) is 0.637. The number of nitrogens with zero attached hydrogens (tertiary/aromatic N) is 4. The van der Waals surface area contributed by atoms with Gasteiger partial charge in [-0.15, -0.1) is 0 Å². The molecule has 0 saturated carbocycles. The van der Waals surface area contributed by atoms with Gasteiger partial charge in [0.1, 0.15) is 0 Å². The van der Waals surface area contributed by atoms with Gasteiger partial charge < -0.3 is 14.5 Å². The van der Waals surface area contributed by atoms with E-state index in [2.05, 4.69) is 9.88 Å². The Morgan fingerprint density at radius 2 is 1.75 bits per heavy atom. The summed E-state index contributed by atoms with van der Waals surface area (Å²) in [6.45, 7) is 6.42. The predicted molar refractivity (Wildman–Crippen MR) is 123 cm³/mol. The molecular formula is C25H32N4O3. The smallest absolute Gasteiger partial charge is 0.254 e. The molecule has 2 aromatic rings. The van der Waals surface area contributed by atoms with E-state index in [4.69, 9.17) is 4.74 Å². The molecule has 0 N–H and O–H groups in total. The molecule has 170 valence electrons. The van der Waals surface area contributed by atoms with Crippen molar-refractivity contribution in [2.75, 3.05) is 50.8 Å². The average molecular weight is 437 g/mol. The molecule has 7 heteroatoms. The van der Waals surface area contributed by atoms with Crippen molar-refractivity contribution >= 4 is 17.5 Å². The largest absolute Gasteiger partial charge is 0.379 e. The molecular weight excluding hydrogens is 404 g/mol. The van der Waals surface area contributed by atoms with Crippen molar-refractivity contribution in [2.24, 2.45) is 0 Å². The van der Waals surface area contributed by atoms with Crippen LogP contribution in [0.25, 0.3) is 0 Å². The SMILES string of the molecule is O=C(c1ccc(N2CCCCC2=O)cc1)N(CCCN1CCOCC1)Cc1ccncc1. The number of morpholine rings is 1. The van der Waals surface area contributed by atoms with E-state index in [-0.39, 0.29) is 11.8 Å². The van der Waals surface area contributed by atoms with Gasteiger partial charge in [0.2, 0.25) is 5.91 Å². The van der Waals surface area contributed by atoms with Crippen molar-refractivity contribution in [3.05, 3.63) is 59.9 Å². The van der Waals surface area contributed by atoms with Gasteiger partial charge in [-0.05, 0) is 61.2 Å². The Morgan fingerprint density at radius 3 is 2.47 bits per heavy atom. The standard InChI is InChI=1S/C25H32N4O3/c30-24-4-1-2-15-29(24)23-7-5-22(6-8-23)25(31)28(20-21-9-11-26-12-10-21)14-3-13-27-16-18-32-19-17-27/h5-12H,1-4,13-20H2. The van der Waals surface area contributed by atoms with Crippen LogP contribution < -0.4 is 4.90 Å². The summed E-state index contributed by atoms with van der Waals surface area (Å²) >= 11 is 0. The molecule has 2 fully saturated rings. The van der Waals surface area contributed by atoms with Gasteiger partial charge >= 0.3 is 0 Å². The van der Waals surface area contributed by atoms with Crippen LogP contribution in [0.4, 0.5) is 5.69 Å². The highest BCUT2D eigenvalue weighted by atomic mass is 16.5. The molecule has 0 radical (unpaired) electrons. The zero-order valence-corrected chi connectivity index (χ0v) is 18.6. The zero-order chi connectivity index (χ0) is 22.2. The van der Waals surface area contributed by atoms with E-state index in [9.17, 15) is 9.59 Å². The number of piperidine rings is 1. The number of carbonyl (C=O) groups is 2. The third kappa shape index (κ3) is 5.93. The van der Waals surface area contributed by atoms with Gasteiger partial charge in [-0.25, -0.2) is 0 Å². The number of rotatable bonds is 8. The van der Waals surface area contributed by atoms with Crippen molar-refractivity contribution in [3.63, 3.8) is 0 Å². The number of anilines is 1. The number of hydrogen-bond acceptors (Lipinski definition) is 5. The third-order valence-electron chi connectivity index (χ3n) is 6.17. The van der Waals surface area contributed by atoms with Crippen LogP contribution in [-0.2, 0) is 16.1 Å². The van der Waals surface area contributed by atoms with E-state index in [1.807, 2.05) is 46.2 Å². The van der Waals surface area contributed by atoms with Crippen LogP contribution in [0, 0.1) is 0 Å². The van der Waals surface area contributed by atoms with Crippen LogP contribution in [0.1, 0.15) is 41.6 Å². The molecule has 2 saturated heterocycles. The first-order chi connectivity index (χ1) is 15.7. The summed E-state index contributed by atoms with van der Waals surface area (Å²) in [6.07, 6.45) is 7.02. The van der Waals surface area contributed by atoms with E-state index >= 15 is 0 Å². The van der Waals surface area contributed by atoms with Crippen LogP contribution in [0.5, 0.6) is 0 Å². The molecule has 0 bridgehead atoms. The Labute approximate surface area is 190 Å². The molecule has 0 aliphatic carbocycles. The molecule has 2 aliphatic heterocycles. The van der Waals surface area contributed by atoms with Crippen molar-refractivity contribution in [1.82, 2.24) is 14.8 Å². The maximum absolute atomic E-state index is 13.4. The van der Waals surface area contributed by atoms with Crippen LogP contribution in [-0.4, -0.2) is 72.5 Å². The molecule has 4 rings (SSSR count). The molecule has 2 amide bonds. The Balaban J connectivity index is 1.42. The molecule has 0 spiro atoms. The lowest BCUT2D eigenvalue weighted by Crippen LogP contribution is -2.39. The predicted octanol–water partition coefficient (Wildman–Crippen LogP) is 2.96. The molecule has 7 nitrogen and oxygen atoms in total. The highest BCUT2D eigenvalue weighted by molar-refractivity contribution is 5.97. The first-order valence-corrected chi connectivity index (χ1v) is 11.6. The summed E-state index contributed by atoms with van der Waals surface area (Å²) in [4.78, 5) is 35.8. The number of amides is 2. The summed E-state index contributed by atoms with van der Waals surface area (Å²) in [5, 5.41) is 0. The summed E-state index contributed by atoms with van der Waals surface area (Å²) in [6, 6.07) is 11.4. The fourth-order valence-electron chi connectivity index (χ4n) is 4.32.